The molecule has 0 radical (unpaired) electrons. The lowest BCUT2D eigenvalue weighted by Crippen LogP contribution is -2.55. The van der Waals surface area contributed by atoms with Crippen LogP contribution in [0.25, 0.3) is 0 Å². The van der Waals surface area contributed by atoms with E-state index in [9.17, 15) is 9.59 Å². The lowest BCUT2D eigenvalue weighted by molar-refractivity contribution is -0.138. The number of anilines is 1. The number of likely N-dealkylation sites (tertiary alicyclic amines) is 1. The summed E-state index contributed by atoms with van der Waals surface area (Å²) >= 11 is 0. The van der Waals surface area contributed by atoms with Crippen molar-refractivity contribution in [2.45, 2.75) is 52.6 Å². The average molecular weight is 478 g/mol. The molecule has 0 spiro atoms. The predicted molar refractivity (Wildman–Crippen MR) is 140 cm³/mol. The molecule has 35 heavy (non-hydrogen) atoms. The number of amides is 2. The molecule has 2 aliphatic rings. The van der Waals surface area contributed by atoms with Crippen molar-refractivity contribution in [2.24, 2.45) is 5.92 Å². The quantitative estimate of drug-likeness (QED) is 0.625. The van der Waals surface area contributed by atoms with Gasteiger partial charge in [-0.2, -0.15) is 0 Å². The van der Waals surface area contributed by atoms with Gasteiger partial charge in [-0.05, 0) is 69.7 Å². The monoisotopic (exact) mass is 477 g/mol. The fraction of sp³-hybridized carbons (Fsp3) is 0.517. The number of ether oxygens (including phenoxy) is 1. The standard InChI is InChI=1S/C29H39N3O3/c1-21-11-12-22(2)26(19-21)30-15-17-31(18-16-30)27(33)25-20-32(28(34)35-29(3,4)5)14-13-24(25)23-9-7-6-8-10-23/h6-12,19,24-25H,13-18,20H2,1-5H3/t24-,25-/m1/s1. The number of piperidine rings is 1. The highest BCUT2D eigenvalue weighted by atomic mass is 16.6. The maximum atomic E-state index is 13.9. The molecule has 2 amide bonds. The summed E-state index contributed by atoms with van der Waals surface area (Å²) < 4.78 is 5.63. The van der Waals surface area contributed by atoms with Gasteiger partial charge < -0.3 is 19.4 Å². The number of hydrogen-bond donors (Lipinski definition) is 0. The molecule has 2 saturated heterocycles. The predicted octanol–water partition coefficient (Wildman–Crippen LogP) is 4.99. The van der Waals surface area contributed by atoms with Crippen LogP contribution in [0.2, 0.25) is 0 Å². The Balaban J connectivity index is 1.49. The molecule has 2 aromatic rings. The second kappa shape index (κ2) is 10.3. The minimum absolute atomic E-state index is 0.0967. The summed E-state index contributed by atoms with van der Waals surface area (Å²) in [6, 6.07) is 16.8. The maximum Gasteiger partial charge on any atom is 0.410 e. The van der Waals surface area contributed by atoms with Crippen molar-refractivity contribution in [1.82, 2.24) is 9.80 Å². The highest BCUT2D eigenvalue weighted by Crippen LogP contribution is 2.35. The second-order valence-electron chi connectivity index (χ2n) is 10.9. The number of rotatable bonds is 3. The van der Waals surface area contributed by atoms with E-state index in [-0.39, 0.29) is 23.8 Å². The molecular weight excluding hydrogens is 438 g/mol. The third-order valence-electron chi connectivity index (χ3n) is 7.11. The number of aryl methyl sites for hydroxylation is 2. The Hall–Kier alpha value is -3.02. The molecule has 2 heterocycles. The molecule has 2 fully saturated rings. The normalized spacial score (nSPS) is 21.1. The Labute approximate surface area is 209 Å². The Morgan fingerprint density at radius 3 is 2.23 bits per heavy atom. The van der Waals surface area contributed by atoms with Crippen molar-refractivity contribution >= 4 is 17.7 Å². The molecule has 6 heteroatoms. The van der Waals surface area contributed by atoms with Gasteiger partial charge in [-0.3, -0.25) is 4.79 Å². The van der Waals surface area contributed by atoms with Gasteiger partial charge in [-0.1, -0.05) is 42.5 Å². The van der Waals surface area contributed by atoms with Crippen LogP contribution < -0.4 is 4.90 Å². The van der Waals surface area contributed by atoms with E-state index in [0.717, 1.165) is 19.5 Å². The van der Waals surface area contributed by atoms with Crippen LogP contribution in [0.1, 0.15) is 49.8 Å². The van der Waals surface area contributed by atoms with Gasteiger partial charge in [0, 0.05) is 45.0 Å². The minimum Gasteiger partial charge on any atom is -0.444 e. The molecule has 0 unspecified atom stereocenters. The zero-order valence-electron chi connectivity index (χ0n) is 21.8. The van der Waals surface area contributed by atoms with Gasteiger partial charge in [0.05, 0.1) is 5.92 Å². The van der Waals surface area contributed by atoms with Gasteiger partial charge in [0.15, 0.2) is 0 Å². The zero-order chi connectivity index (χ0) is 25.2. The van der Waals surface area contributed by atoms with E-state index in [1.165, 1.54) is 22.4 Å². The van der Waals surface area contributed by atoms with Gasteiger partial charge in [0.2, 0.25) is 5.91 Å². The van der Waals surface area contributed by atoms with Crippen molar-refractivity contribution in [3.05, 3.63) is 65.2 Å². The Morgan fingerprint density at radius 1 is 0.886 bits per heavy atom. The summed E-state index contributed by atoms with van der Waals surface area (Å²) in [7, 11) is 0. The van der Waals surface area contributed by atoms with Gasteiger partial charge in [0.25, 0.3) is 0 Å². The van der Waals surface area contributed by atoms with Gasteiger partial charge in [-0.15, -0.1) is 0 Å². The number of nitrogens with zero attached hydrogens (tertiary/aromatic N) is 3. The smallest absolute Gasteiger partial charge is 0.410 e. The molecule has 188 valence electrons. The van der Waals surface area contributed by atoms with Crippen LogP contribution in [0.15, 0.2) is 48.5 Å². The molecule has 0 saturated carbocycles. The van der Waals surface area contributed by atoms with Crippen LogP contribution in [-0.4, -0.2) is 66.7 Å². The SMILES string of the molecule is Cc1ccc(C)c(N2CCN(C(=O)[C@@H]3CN(C(=O)OC(C)(C)C)CC[C@@H]3c3ccccc3)CC2)c1. The average Bonchev–Trinajstić information content (AvgIpc) is 2.84. The topological polar surface area (TPSA) is 53.1 Å². The first-order chi connectivity index (χ1) is 16.6. The van der Waals surface area contributed by atoms with E-state index in [0.29, 0.717) is 26.2 Å². The summed E-state index contributed by atoms with van der Waals surface area (Å²) in [6.45, 7) is 13.9. The van der Waals surface area contributed by atoms with Gasteiger partial charge in [-0.25, -0.2) is 4.79 Å². The summed E-state index contributed by atoms with van der Waals surface area (Å²) in [6.07, 6.45) is 0.420. The summed E-state index contributed by atoms with van der Waals surface area (Å²) in [5.74, 6) is -0.0296. The molecule has 4 rings (SSSR count). The number of carbonyl (C=O) groups excluding carboxylic acids is 2. The largest absolute Gasteiger partial charge is 0.444 e. The third kappa shape index (κ3) is 5.98. The van der Waals surface area contributed by atoms with Gasteiger partial charge >= 0.3 is 6.09 Å². The van der Waals surface area contributed by atoms with Crippen LogP contribution in [-0.2, 0) is 9.53 Å². The van der Waals surface area contributed by atoms with E-state index in [1.807, 2.05) is 43.9 Å². The van der Waals surface area contributed by atoms with Crippen LogP contribution in [0.5, 0.6) is 0 Å². The van der Waals surface area contributed by atoms with E-state index in [2.05, 4.69) is 49.1 Å². The highest BCUT2D eigenvalue weighted by molar-refractivity contribution is 5.82. The molecule has 0 bridgehead atoms. The van der Waals surface area contributed by atoms with Crippen molar-refractivity contribution in [2.75, 3.05) is 44.2 Å². The first-order valence-corrected chi connectivity index (χ1v) is 12.8. The fourth-order valence-corrected chi connectivity index (χ4v) is 5.26. The second-order valence-corrected chi connectivity index (χ2v) is 10.9. The van der Waals surface area contributed by atoms with Crippen molar-refractivity contribution in [1.29, 1.82) is 0 Å². The molecule has 2 atom stereocenters. The third-order valence-corrected chi connectivity index (χ3v) is 7.11. The Bertz CT molecular complexity index is 1040. The number of carbonyl (C=O) groups is 2. The molecular formula is C29H39N3O3. The van der Waals surface area contributed by atoms with E-state index < -0.39 is 5.60 Å². The lowest BCUT2D eigenvalue weighted by atomic mass is 9.79. The van der Waals surface area contributed by atoms with Gasteiger partial charge in [0.1, 0.15) is 5.60 Å². The number of benzene rings is 2. The maximum absolute atomic E-state index is 13.9. The lowest BCUT2D eigenvalue weighted by Gasteiger charge is -2.43. The van der Waals surface area contributed by atoms with E-state index >= 15 is 0 Å². The first kappa shape index (κ1) is 25.1. The van der Waals surface area contributed by atoms with Crippen LogP contribution in [0, 0.1) is 19.8 Å². The van der Waals surface area contributed by atoms with Crippen LogP contribution >= 0.6 is 0 Å². The number of piperazine rings is 1. The van der Waals surface area contributed by atoms with Crippen LogP contribution in [0.4, 0.5) is 10.5 Å². The van der Waals surface area contributed by atoms with E-state index in [1.54, 1.807) is 4.90 Å². The molecule has 2 aromatic carbocycles. The fourth-order valence-electron chi connectivity index (χ4n) is 5.26. The first-order valence-electron chi connectivity index (χ1n) is 12.8. The molecule has 2 aliphatic heterocycles. The van der Waals surface area contributed by atoms with Crippen molar-refractivity contribution in [3.8, 4) is 0 Å². The van der Waals surface area contributed by atoms with Crippen molar-refractivity contribution < 1.29 is 14.3 Å². The highest BCUT2D eigenvalue weighted by Gasteiger charge is 2.40. The van der Waals surface area contributed by atoms with Crippen molar-refractivity contribution in [3.63, 3.8) is 0 Å². The minimum atomic E-state index is -0.558. The Morgan fingerprint density at radius 2 is 1.57 bits per heavy atom. The Kier molecular flexibility index (Phi) is 7.39. The molecule has 0 aliphatic carbocycles. The summed E-state index contributed by atoms with van der Waals surface area (Å²) in [5, 5.41) is 0. The molecule has 0 aromatic heterocycles. The summed E-state index contributed by atoms with van der Waals surface area (Å²) in [5.41, 5.74) is 4.38. The van der Waals surface area contributed by atoms with E-state index in [4.69, 9.17) is 4.74 Å². The molecule has 0 N–H and O–H groups in total. The zero-order valence-corrected chi connectivity index (χ0v) is 21.8. The molecule has 6 nitrogen and oxygen atoms in total. The van der Waals surface area contributed by atoms with Crippen LogP contribution in [0.3, 0.4) is 0 Å². The number of hydrogen-bond acceptors (Lipinski definition) is 4. The summed E-state index contributed by atoms with van der Waals surface area (Å²) in [4.78, 5) is 32.8.